The molecule has 0 spiro atoms. The zero-order chi connectivity index (χ0) is 19.5. The summed E-state index contributed by atoms with van der Waals surface area (Å²) >= 11 is 0. The van der Waals surface area contributed by atoms with Crippen molar-refractivity contribution in [1.82, 2.24) is 9.80 Å². The predicted molar refractivity (Wildman–Crippen MR) is 110 cm³/mol. The van der Waals surface area contributed by atoms with Gasteiger partial charge in [-0.05, 0) is 65.0 Å². The monoisotopic (exact) mass is 372 g/mol. The van der Waals surface area contributed by atoms with Gasteiger partial charge in [0.1, 0.15) is 0 Å². The van der Waals surface area contributed by atoms with E-state index in [2.05, 4.69) is 37.5 Å². The number of carbonyl (C=O) groups excluding carboxylic acids is 1. The van der Waals surface area contributed by atoms with E-state index in [0.717, 1.165) is 51.9 Å². The van der Waals surface area contributed by atoms with Crippen LogP contribution in [-0.4, -0.2) is 68.4 Å². The second kappa shape index (κ2) is 19.0. The lowest BCUT2D eigenvalue weighted by atomic mass is 10.2. The van der Waals surface area contributed by atoms with E-state index in [4.69, 9.17) is 9.47 Å². The van der Waals surface area contributed by atoms with Gasteiger partial charge in [0.15, 0.2) is 0 Å². The molecule has 0 heterocycles. The van der Waals surface area contributed by atoms with Gasteiger partial charge in [0.2, 0.25) is 0 Å². The average molecular weight is 373 g/mol. The van der Waals surface area contributed by atoms with Crippen molar-refractivity contribution < 1.29 is 14.3 Å². The minimum atomic E-state index is -0.503. The van der Waals surface area contributed by atoms with Crippen LogP contribution in [0.4, 0.5) is 4.79 Å². The van der Waals surface area contributed by atoms with Crippen LogP contribution < -0.4 is 0 Å². The lowest BCUT2D eigenvalue weighted by molar-refractivity contribution is 0.0528. The van der Waals surface area contributed by atoms with E-state index in [1.54, 1.807) is 0 Å². The summed E-state index contributed by atoms with van der Waals surface area (Å²) in [5.74, 6) is 0. The summed E-state index contributed by atoms with van der Waals surface area (Å²) in [6.07, 6.45) is 8.42. The van der Waals surface area contributed by atoms with E-state index in [1.165, 1.54) is 38.8 Å². The third kappa shape index (κ3) is 15.4. The predicted octanol–water partition coefficient (Wildman–Crippen LogP) is 4.94. The van der Waals surface area contributed by atoms with Gasteiger partial charge in [-0.25, -0.2) is 4.79 Å². The number of ether oxygens (including phenoxy) is 2. The van der Waals surface area contributed by atoms with E-state index >= 15 is 0 Å². The molecule has 0 aliphatic rings. The molecule has 0 aliphatic carbocycles. The van der Waals surface area contributed by atoms with Crippen LogP contribution in [-0.2, 0) is 9.47 Å². The average Bonchev–Trinajstić information content (AvgIpc) is 2.66. The topological polar surface area (TPSA) is 42.0 Å². The third-order valence-electron chi connectivity index (χ3n) is 4.97. The molecule has 0 fully saturated rings. The molecule has 5 nitrogen and oxygen atoms in total. The Morgan fingerprint density at radius 3 is 1.27 bits per heavy atom. The molecule has 0 aliphatic heterocycles. The van der Waals surface area contributed by atoms with Gasteiger partial charge in [0.05, 0.1) is 13.2 Å². The lowest BCUT2D eigenvalue weighted by Gasteiger charge is -2.17. The van der Waals surface area contributed by atoms with Crippen LogP contribution in [0.15, 0.2) is 0 Å². The molecule has 0 aromatic rings. The molecule has 0 bridgehead atoms. The van der Waals surface area contributed by atoms with E-state index in [1.807, 2.05) is 0 Å². The molecular formula is C21H44N2O3. The first-order valence-corrected chi connectivity index (χ1v) is 10.9. The normalized spacial score (nSPS) is 11.3. The Morgan fingerprint density at radius 1 is 0.577 bits per heavy atom. The van der Waals surface area contributed by atoms with Gasteiger partial charge >= 0.3 is 6.16 Å². The van der Waals surface area contributed by atoms with Crippen molar-refractivity contribution >= 4 is 6.16 Å². The van der Waals surface area contributed by atoms with Gasteiger partial charge in [-0.1, -0.05) is 53.4 Å². The Labute approximate surface area is 162 Å². The molecule has 0 aromatic heterocycles. The number of unbranched alkanes of at least 4 members (excludes halogenated alkanes) is 6. The molecular weight excluding hydrogens is 328 g/mol. The van der Waals surface area contributed by atoms with Crippen molar-refractivity contribution in [3.05, 3.63) is 0 Å². The van der Waals surface area contributed by atoms with Gasteiger partial charge in [0.25, 0.3) is 0 Å². The Hall–Kier alpha value is -0.810. The van der Waals surface area contributed by atoms with Crippen molar-refractivity contribution in [2.24, 2.45) is 0 Å². The maximum Gasteiger partial charge on any atom is 0.508 e. The summed E-state index contributed by atoms with van der Waals surface area (Å²) < 4.78 is 10.2. The number of carbonyl (C=O) groups is 1. The highest BCUT2D eigenvalue weighted by atomic mass is 16.7. The van der Waals surface area contributed by atoms with Crippen molar-refractivity contribution in [3.63, 3.8) is 0 Å². The number of hydrogen-bond acceptors (Lipinski definition) is 5. The molecule has 0 saturated heterocycles. The van der Waals surface area contributed by atoms with Crippen LogP contribution >= 0.6 is 0 Å². The van der Waals surface area contributed by atoms with E-state index in [0.29, 0.717) is 13.2 Å². The fourth-order valence-corrected chi connectivity index (χ4v) is 3.01. The van der Waals surface area contributed by atoms with Gasteiger partial charge < -0.3 is 19.3 Å². The zero-order valence-corrected chi connectivity index (χ0v) is 17.9. The highest BCUT2D eigenvalue weighted by molar-refractivity contribution is 5.59. The SMILES string of the molecule is CCN(CC)CCCCCCOC(=O)OCCCCCCN(CC)CC. The second-order valence-corrected chi connectivity index (χ2v) is 6.83. The van der Waals surface area contributed by atoms with Crippen LogP contribution in [0.25, 0.3) is 0 Å². The molecule has 0 N–H and O–H groups in total. The second-order valence-electron chi connectivity index (χ2n) is 6.83. The zero-order valence-electron chi connectivity index (χ0n) is 17.9. The third-order valence-corrected chi connectivity index (χ3v) is 4.97. The van der Waals surface area contributed by atoms with E-state index < -0.39 is 6.16 Å². The molecule has 0 radical (unpaired) electrons. The fraction of sp³-hybridized carbons (Fsp3) is 0.952. The summed E-state index contributed by atoms with van der Waals surface area (Å²) in [5.41, 5.74) is 0. The van der Waals surface area contributed by atoms with Crippen LogP contribution in [0.1, 0.15) is 79.1 Å². The Kier molecular flexibility index (Phi) is 18.4. The molecule has 5 heteroatoms. The maximum atomic E-state index is 11.5. The van der Waals surface area contributed by atoms with Crippen LogP contribution in [0.3, 0.4) is 0 Å². The van der Waals surface area contributed by atoms with E-state index in [9.17, 15) is 4.79 Å². The largest absolute Gasteiger partial charge is 0.508 e. The smallest absolute Gasteiger partial charge is 0.434 e. The highest BCUT2D eigenvalue weighted by Crippen LogP contribution is 2.04. The quantitative estimate of drug-likeness (QED) is 0.252. The summed E-state index contributed by atoms with van der Waals surface area (Å²) in [6.45, 7) is 16.6. The van der Waals surface area contributed by atoms with Crippen LogP contribution in [0.2, 0.25) is 0 Å². The van der Waals surface area contributed by atoms with Gasteiger partial charge in [-0.2, -0.15) is 0 Å². The molecule has 0 saturated carbocycles. The van der Waals surface area contributed by atoms with Gasteiger partial charge in [-0.15, -0.1) is 0 Å². The fourth-order valence-electron chi connectivity index (χ4n) is 3.01. The first-order chi connectivity index (χ1) is 12.7. The molecule has 0 amide bonds. The molecule has 0 aromatic carbocycles. The highest BCUT2D eigenvalue weighted by Gasteiger charge is 2.04. The number of hydrogen-bond donors (Lipinski definition) is 0. The summed E-state index contributed by atoms with van der Waals surface area (Å²) in [5, 5.41) is 0. The first kappa shape index (κ1) is 25.2. The van der Waals surface area contributed by atoms with Gasteiger partial charge in [0, 0.05) is 0 Å². The Balaban J connectivity index is 3.32. The molecule has 0 unspecified atom stereocenters. The van der Waals surface area contributed by atoms with Crippen molar-refractivity contribution in [2.75, 3.05) is 52.5 Å². The van der Waals surface area contributed by atoms with Gasteiger partial charge in [-0.3, -0.25) is 0 Å². The van der Waals surface area contributed by atoms with Crippen molar-refractivity contribution in [2.45, 2.75) is 79.1 Å². The number of nitrogens with zero attached hydrogens (tertiary/aromatic N) is 2. The van der Waals surface area contributed by atoms with Crippen molar-refractivity contribution in [3.8, 4) is 0 Å². The lowest BCUT2D eigenvalue weighted by Crippen LogP contribution is -2.23. The van der Waals surface area contributed by atoms with Crippen molar-refractivity contribution in [1.29, 1.82) is 0 Å². The molecule has 0 atom stereocenters. The van der Waals surface area contributed by atoms with E-state index in [-0.39, 0.29) is 0 Å². The summed E-state index contributed by atoms with van der Waals surface area (Å²) in [6, 6.07) is 0. The minimum absolute atomic E-state index is 0.480. The Morgan fingerprint density at radius 2 is 0.923 bits per heavy atom. The minimum Gasteiger partial charge on any atom is -0.434 e. The summed E-state index contributed by atoms with van der Waals surface area (Å²) in [7, 11) is 0. The van der Waals surface area contributed by atoms with Crippen LogP contribution in [0, 0.1) is 0 Å². The van der Waals surface area contributed by atoms with Crippen LogP contribution in [0.5, 0.6) is 0 Å². The molecule has 156 valence electrons. The Bertz CT molecular complexity index is 278. The number of rotatable bonds is 18. The first-order valence-electron chi connectivity index (χ1n) is 10.9. The maximum absolute atomic E-state index is 11.5. The molecule has 26 heavy (non-hydrogen) atoms. The summed E-state index contributed by atoms with van der Waals surface area (Å²) in [4.78, 5) is 16.4. The molecule has 0 rings (SSSR count). The standard InChI is InChI=1S/C21H44N2O3/c1-5-22(6-2)17-13-9-11-15-19-25-21(24)26-20-16-12-10-14-18-23(7-3)8-4/h5-20H2,1-4H3.